The number of Topliss-reactive ketones (excluding diaryl/α,β-unsaturated/α-hetero) is 1. The summed E-state index contributed by atoms with van der Waals surface area (Å²) in [5.41, 5.74) is 1.55. The van der Waals surface area contributed by atoms with Crippen LogP contribution in [-0.4, -0.2) is 36.0 Å². The third kappa shape index (κ3) is 5.87. The van der Waals surface area contributed by atoms with Gasteiger partial charge in [0.2, 0.25) is 0 Å². The number of rotatable bonds is 6. The highest BCUT2D eigenvalue weighted by atomic mass is 19.4. The van der Waals surface area contributed by atoms with Gasteiger partial charge >= 0.3 is 6.18 Å². The van der Waals surface area contributed by atoms with Crippen molar-refractivity contribution in [1.29, 1.82) is 0 Å². The second kappa shape index (κ2) is 7.07. The Morgan fingerprint density at radius 2 is 1.62 bits per heavy atom. The number of carbonyl (C=O) groups is 1. The molecular weight excluding hydrogens is 279 g/mol. The van der Waals surface area contributed by atoms with E-state index in [1.165, 1.54) is 0 Å². The van der Waals surface area contributed by atoms with Gasteiger partial charge in [0.25, 0.3) is 0 Å². The molecule has 1 aromatic carbocycles. The molecule has 1 aromatic rings. The zero-order chi connectivity index (χ0) is 16.2. The molecule has 2 nitrogen and oxygen atoms in total. The number of benzene rings is 1. The van der Waals surface area contributed by atoms with Crippen LogP contribution in [-0.2, 0) is 0 Å². The Kier molecular flexibility index (Phi) is 5.96. The lowest BCUT2D eigenvalue weighted by Crippen LogP contribution is -2.42. The van der Waals surface area contributed by atoms with Crippen molar-refractivity contribution in [2.75, 3.05) is 13.1 Å². The van der Waals surface area contributed by atoms with Crippen molar-refractivity contribution in [3.05, 3.63) is 35.4 Å². The summed E-state index contributed by atoms with van der Waals surface area (Å²) in [5.74, 6) is 0.0646. The van der Waals surface area contributed by atoms with Gasteiger partial charge in [-0.15, -0.1) is 0 Å². The van der Waals surface area contributed by atoms with Crippen molar-refractivity contribution in [3.8, 4) is 0 Å². The SMILES string of the molecule is CC(C)c1ccc(C(=O)CN(CC(F)(F)F)C(C)C)cc1. The maximum atomic E-state index is 12.5. The van der Waals surface area contributed by atoms with Crippen LogP contribution in [0, 0.1) is 0 Å². The topological polar surface area (TPSA) is 20.3 Å². The zero-order valence-corrected chi connectivity index (χ0v) is 12.9. The molecule has 0 aliphatic heterocycles. The maximum absolute atomic E-state index is 12.5. The van der Waals surface area contributed by atoms with E-state index in [1.807, 2.05) is 26.0 Å². The molecule has 0 aliphatic carbocycles. The molecule has 0 radical (unpaired) electrons. The van der Waals surface area contributed by atoms with E-state index in [4.69, 9.17) is 0 Å². The lowest BCUT2D eigenvalue weighted by molar-refractivity contribution is -0.148. The highest BCUT2D eigenvalue weighted by Gasteiger charge is 2.32. The lowest BCUT2D eigenvalue weighted by atomic mass is 10.0. The fourth-order valence-electron chi connectivity index (χ4n) is 1.98. The lowest BCUT2D eigenvalue weighted by Gasteiger charge is -2.26. The second-order valence-electron chi connectivity index (χ2n) is 5.81. The second-order valence-corrected chi connectivity index (χ2v) is 5.81. The van der Waals surface area contributed by atoms with Gasteiger partial charge in [-0.2, -0.15) is 13.2 Å². The molecule has 118 valence electrons. The number of carbonyl (C=O) groups excluding carboxylic acids is 1. The van der Waals surface area contributed by atoms with Gasteiger partial charge in [-0.3, -0.25) is 9.69 Å². The predicted octanol–water partition coefficient (Wildman–Crippen LogP) is 4.27. The first kappa shape index (κ1) is 17.7. The normalized spacial score (nSPS) is 12.5. The smallest absolute Gasteiger partial charge is 0.293 e. The largest absolute Gasteiger partial charge is 0.401 e. The quantitative estimate of drug-likeness (QED) is 0.732. The number of halogens is 3. The number of hydrogen-bond donors (Lipinski definition) is 0. The maximum Gasteiger partial charge on any atom is 0.401 e. The molecule has 0 unspecified atom stereocenters. The molecule has 0 N–H and O–H groups in total. The van der Waals surface area contributed by atoms with Crippen LogP contribution in [0.1, 0.15) is 49.5 Å². The van der Waals surface area contributed by atoms with Crippen LogP contribution in [0.15, 0.2) is 24.3 Å². The molecule has 1 rings (SSSR count). The van der Waals surface area contributed by atoms with E-state index < -0.39 is 12.7 Å². The average Bonchev–Trinajstić information content (AvgIpc) is 2.36. The van der Waals surface area contributed by atoms with E-state index in [2.05, 4.69) is 0 Å². The van der Waals surface area contributed by atoms with Gasteiger partial charge < -0.3 is 0 Å². The van der Waals surface area contributed by atoms with E-state index in [9.17, 15) is 18.0 Å². The Bertz CT molecular complexity index is 463. The summed E-state index contributed by atoms with van der Waals surface area (Å²) in [4.78, 5) is 13.3. The van der Waals surface area contributed by atoms with Crippen LogP contribution in [0.25, 0.3) is 0 Å². The molecule has 0 fully saturated rings. The van der Waals surface area contributed by atoms with E-state index >= 15 is 0 Å². The third-order valence-corrected chi connectivity index (χ3v) is 3.36. The van der Waals surface area contributed by atoms with Crippen molar-refractivity contribution in [2.24, 2.45) is 0 Å². The number of hydrogen-bond acceptors (Lipinski definition) is 2. The zero-order valence-electron chi connectivity index (χ0n) is 12.9. The van der Waals surface area contributed by atoms with Crippen molar-refractivity contribution in [1.82, 2.24) is 4.90 Å². The minimum Gasteiger partial charge on any atom is -0.293 e. The molecule has 0 aliphatic rings. The van der Waals surface area contributed by atoms with E-state index in [-0.39, 0.29) is 18.4 Å². The summed E-state index contributed by atoms with van der Waals surface area (Å²) < 4.78 is 37.5. The van der Waals surface area contributed by atoms with Crippen LogP contribution in [0.2, 0.25) is 0 Å². The number of nitrogens with zero attached hydrogens (tertiary/aromatic N) is 1. The summed E-state index contributed by atoms with van der Waals surface area (Å²) in [5, 5.41) is 0. The molecule has 0 aromatic heterocycles. The van der Waals surface area contributed by atoms with Crippen LogP contribution < -0.4 is 0 Å². The summed E-state index contributed by atoms with van der Waals surface area (Å²) in [6, 6.07) is 6.72. The van der Waals surface area contributed by atoms with E-state index in [0.29, 0.717) is 11.5 Å². The Morgan fingerprint density at radius 1 is 1.10 bits per heavy atom. The van der Waals surface area contributed by atoms with Crippen molar-refractivity contribution in [3.63, 3.8) is 0 Å². The van der Waals surface area contributed by atoms with Gasteiger partial charge in [-0.1, -0.05) is 38.1 Å². The number of ketones is 1. The fourth-order valence-corrected chi connectivity index (χ4v) is 1.98. The Labute approximate surface area is 123 Å². The summed E-state index contributed by atoms with van der Waals surface area (Å²) in [7, 11) is 0. The van der Waals surface area contributed by atoms with Crippen LogP contribution in [0.4, 0.5) is 13.2 Å². The van der Waals surface area contributed by atoms with E-state index in [0.717, 1.165) is 10.5 Å². The molecule has 0 saturated carbocycles. The fraction of sp³-hybridized carbons (Fsp3) is 0.562. The highest BCUT2D eigenvalue weighted by molar-refractivity contribution is 5.97. The standard InChI is InChI=1S/C16H22F3NO/c1-11(2)13-5-7-14(8-6-13)15(21)9-20(12(3)4)10-16(17,18)19/h5-8,11-12H,9-10H2,1-4H3. The first-order valence-electron chi connectivity index (χ1n) is 7.04. The van der Waals surface area contributed by atoms with Crippen LogP contribution in [0.3, 0.4) is 0 Å². The minimum atomic E-state index is -4.30. The molecule has 0 spiro atoms. The third-order valence-electron chi connectivity index (χ3n) is 3.36. The van der Waals surface area contributed by atoms with Crippen molar-refractivity contribution >= 4 is 5.78 Å². The van der Waals surface area contributed by atoms with Crippen LogP contribution >= 0.6 is 0 Å². The first-order chi connectivity index (χ1) is 9.60. The monoisotopic (exact) mass is 301 g/mol. The van der Waals surface area contributed by atoms with Gasteiger partial charge in [0, 0.05) is 11.6 Å². The molecule has 0 heterocycles. The summed E-state index contributed by atoms with van der Waals surface area (Å²) in [6.45, 7) is 6.10. The number of alkyl halides is 3. The van der Waals surface area contributed by atoms with Crippen molar-refractivity contribution < 1.29 is 18.0 Å². The Hall–Kier alpha value is -1.36. The molecular formula is C16H22F3NO. The molecule has 0 saturated heterocycles. The average molecular weight is 301 g/mol. The van der Waals surface area contributed by atoms with Gasteiger partial charge in [-0.05, 0) is 25.3 Å². The van der Waals surface area contributed by atoms with Gasteiger partial charge in [0.1, 0.15) is 0 Å². The first-order valence-corrected chi connectivity index (χ1v) is 7.04. The van der Waals surface area contributed by atoms with Gasteiger partial charge in [-0.25, -0.2) is 0 Å². The molecule has 0 amide bonds. The predicted molar refractivity (Wildman–Crippen MR) is 77.6 cm³/mol. The van der Waals surface area contributed by atoms with Crippen LogP contribution in [0.5, 0.6) is 0 Å². The van der Waals surface area contributed by atoms with Crippen molar-refractivity contribution in [2.45, 2.75) is 45.8 Å². The molecule has 0 atom stereocenters. The minimum absolute atomic E-state index is 0.224. The summed E-state index contributed by atoms with van der Waals surface area (Å²) >= 11 is 0. The highest BCUT2D eigenvalue weighted by Crippen LogP contribution is 2.19. The molecule has 21 heavy (non-hydrogen) atoms. The molecule has 5 heteroatoms. The van der Waals surface area contributed by atoms with E-state index in [1.54, 1.807) is 26.0 Å². The molecule has 0 bridgehead atoms. The summed E-state index contributed by atoms with van der Waals surface area (Å²) in [6.07, 6.45) is -4.30. The Balaban J connectivity index is 2.77. The van der Waals surface area contributed by atoms with Gasteiger partial charge in [0.15, 0.2) is 5.78 Å². The van der Waals surface area contributed by atoms with Gasteiger partial charge in [0.05, 0.1) is 13.1 Å². The Morgan fingerprint density at radius 3 is 2.00 bits per heavy atom.